The van der Waals surface area contributed by atoms with Crippen LogP contribution in [-0.2, 0) is 21.2 Å². The van der Waals surface area contributed by atoms with E-state index in [4.69, 9.17) is 4.89 Å². The van der Waals surface area contributed by atoms with Gasteiger partial charge in [0.15, 0.2) is 0 Å². The molecule has 0 radical (unpaired) electrons. The van der Waals surface area contributed by atoms with Crippen molar-refractivity contribution in [1.82, 2.24) is 0 Å². The first-order chi connectivity index (χ1) is 8.83. The number of aldehydes is 1. The van der Waals surface area contributed by atoms with Crippen LogP contribution in [-0.4, -0.2) is 13.4 Å². The lowest BCUT2D eigenvalue weighted by Crippen LogP contribution is -1.91. The van der Waals surface area contributed by atoms with Crippen molar-refractivity contribution in [2.75, 3.05) is 7.11 Å². The van der Waals surface area contributed by atoms with Gasteiger partial charge in [-0.2, -0.15) is 0 Å². The number of hydrogen-bond donors (Lipinski definition) is 0. The van der Waals surface area contributed by atoms with Gasteiger partial charge in [0, 0.05) is 0 Å². The summed E-state index contributed by atoms with van der Waals surface area (Å²) in [5.74, 6) is 0. The molecule has 0 amide bonds. The zero-order chi connectivity index (χ0) is 12.8. The molecular weight excluding hydrogens is 228 g/mol. The maximum absolute atomic E-state index is 10.3. The molecule has 0 bridgehead atoms. The van der Waals surface area contributed by atoms with Crippen LogP contribution in [0.3, 0.4) is 0 Å². The molecule has 3 nitrogen and oxygen atoms in total. The van der Waals surface area contributed by atoms with Gasteiger partial charge in [0.1, 0.15) is 12.9 Å². The molecule has 0 aliphatic heterocycles. The number of fused-ring (bicyclic) bond motifs is 1. The van der Waals surface area contributed by atoms with Gasteiger partial charge in [0.25, 0.3) is 0 Å². The van der Waals surface area contributed by atoms with Crippen molar-refractivity contribution in [3.8, 4) is 0 Å². The van der Waals surface area contributed by atoms with Gasteiger partial charge in [0.2, 0.25) is 0 Å². The van der Waals surface area contributed by atoms with E-state index in [0.717, 1.165) is 28.2 Å². The Kier molecular flexibility index (Phi) is 4.23. The van der Waals surface area contributed by atoms with Gasteiger partial charge in [-0.15, -0.1) is 0 Å². The molecule has 18 heavy (non-hydrogen) atoms. The second-order valence-corrected chi connectivity index (χ2v) is 3.86. The molecule has 3 heteroatoms. The lowest BCUT2D eigenvalue weighted by atomic mass is 10.0. The van der Waals surface area contributed by atoms with E-state index in [1.807, 2.05) is 30.3 Å². The van der Waals surface area contributed by atoms with E-state index in [9.17, 15) is 4.79 Å². The van der Waals surface area contributed by atoms with Crippen LogP contribution in [0.15, 0.2) is 42.5 Å². The van der Waals surface area contributed by atoms with Gasteiger partial charge in [-0.25, -0.2) is 9.78 Å². The molecule has 0 spiro atoms. The fraction of sp³-hybridized carbons (Fsp3) is 0.133. The van der Waals surface area contributed by atoms with Crippen LogP contribution in [0, 0.1) is 0 Å². The molecule has 0 aromatic heterocycles. The summed E-state index contributed by atoms with van der Waals surface area (Å²) in [5.41, 5.74) is 2.07. The largest absolute Gasteiger partial charge is 0.299 e. The van der Waals surface area contributed by atoms with Gasteiger partial charge >= 0.3 is 0 Å². The van der Waals surface area contributed by atoms with Crippen molar-refractivity contribution in [2.24, 2.45) is 0 Å². The summed E-state index contributed by atoms with van der Waals surface area (Å²) in [7, 11) is 1.49. The van der Waals surface area contributed by atoms with Crippen LogP contribution in [0.1, 0.15) is 11.1 Å². The Morgan fingerprint density at radius 3 is 2.67 bits per heavy atom. The number of hydrogen-bond acceptors (Lipinski definition) is 3. The van der Waals surface area contributed by atoms with Gasteiger partial charge < -0.3 is 0 Å². The number of allylic oxidation sites excluding steroid dienone is 1. The third-order valence-corrected chi connectivity index (χ3v) is 2.64. The maximum Gasteiger partial charge on any atom is 0.142 e. The Bertz CT molecular complexity index is 573. The highest BCUT2D eigenvalue weighted by Crippen LogP contribution is 2.19. The SMILES string of the molecule is COOCc1ccc2cc(/C=C/C=O)ccc2c1. The number of carbonyl (C=O) groups excluding carboxylic acids is 1. The average molecular weight is 242 g/mol. The molecule has 92 valence electrons. The molecule has 0 aliphatic carbocycles. The van der Waals surface area contributed by atoms with Crippen molar-refractivity contribution in [2.45, 2.75) is 6.61 Å². The minimum absolute atomic E-state index is 0.430. The summed E-state index contributed by atoms with van der Waals surface area (Å²) in [4.78, 5) is 19.7. The number of carbonyl (C=O) groups is 1. The summed E-state index contributed by atoms with van der Waals surface area (Å²) >= 11 is 0. The average Bonchev–Trinajstić information content (AvgIpc) is 2.42. The molecule has 0 saturated carbocycles. The molecular formula is C15H14O3. The van der Waals surface area contributed by atoms with Gasteiger partial charge in [-0.3, -0.25) is 4.79 Å². The summed E-state index contributed by atoms with van der Waals surface area (Å²) in [5, 5.41) is 2.26. The zero-order valence-electron chi connectivity index (χ0n) is 10.1. The molecule has 0 N–H and O–H groups in total. The monoisotopic (exact) mass is 242 g/mol. The normalized spacial score (nSPS) is 11.2. The van der Waals surface area contributed by atoms with Gasteiger partial charge in [0.05, 0.1) is 7.11 Å². The first-order valence-electron chi connectivity index (χ1n) is 5.63. The predicted octanol–water partition coefficient (Wildman–Crippen LogP) is 3.13. The predicted molar refractivity (Wildman–Crippen MR) is 70.8 cm³/mol. The standard InChI is InChI=1S/C15H14O3/c1-17-18-11-13-5-7-14-9-12(3-2-8-16)4-6-15(14)10-13/h2-10H,11H2,1H3/b3-2+. The van der Waals surface area contributed by atoms with Crippen molar-refractivity contribution < 1.29 is 14.6 Å². The fourth-order valence-electron chi connectivity index (χ4n) is 1.78. The quantitative estimate of drug-likeness (QED) is 0.350. The van der Waals surface area contributed by atoms with Crippen molar-refractivity contribution in [3.63, 3.8) is 0 Å². The van der Waals surface area contributed by atoms with Crippen molar-refractivity contribution in [3.05, 3.63) is 53.6 Å². The summed E-state index contributed by atoms with van der Waals surface area (Å²) in [6.45, 7) is 0.430. The fourth-order valence-corrected chi connectivity index (χ4v) is 1.78. The first-order valence-corrected chi connectivity index (χ1v) is 5.63. The van der Waals surface area contributed by atoms with Crippen LogP contribution in [0.5, 0.6) is 0 Å². The van der Waals surface area contributed by atoms with Crippen LogP contribution in [0.4, 0.5) is 0 Å². The highest BCUT2D eigenvalue weighted by Gasteiger charge is 1.98. The smallest absolute Gasteiger partial charge is 0.142 e. The Labute approximate surface area is 106 Å². The zero-order valence-corrected chi connectivity index (χ0v) is 10.1. The highest BCUT2D eigenvalue weighted by molar-refractivity contribution is 5.86. The van der Waals surface area contributed by atoms with E-state index in [1.165, 1.54) is 13.2 Å². The maximum atomic E-state index is 10.3. The lowest BCUT2D eigenvalue weighted by molar-refractivity contribution is -0.282. The molecule has 0 saturated heterocycles. The third-order valence-electron chi connectivity index (χ3n) is 2.64. The molecule has 0 heterocycles. The van der Waals surface area contributed by atoms with E-state index in [1.54, 1.807) is 6.08 Å². The lowest BCUT2D eigenvalue weighted by Gasteiger charge is -2.04. The first kappa shape index (κ1) is 12.5. The summed E-state index contributed by atoms with van der Waals surface area (Å²) in [6.07, 6.45) is 4.05. The van der Waals surface area contributed by atoms with Crippen LogP contribution in [0.2, 0.25) is 0 Å². The second-order valence-electron chi connectivity index (χ2n) is 3.86. The molecule has 0 fully saturated rings. The summed E-state index contributed by atoms with van der Waals surface area (Å²) < 4.78 is 0. The Morgan fingerprint density at radius 2 is 1.89 bits per heavy atom. The van der Waals surface area contributed by atoms with Crippen LogP contribution >= 0.6 is 0 Å². The van der Waals surface area contributed by atoms with E-state index in [0.29, 0.717) is 6.61 Å². The minimum atomic E-state index is 0.430. The number of benzene rings is 2. The molecule has 0 aliphatic rings. The highest BCUT2D eigenvalue weighted by atomic mass is 17.2. The molecule has 0 atom stereocenters. The van der Waals surface area contributed by atoms with E-state index in [2.05, 4.69) is 11.0 Å². The van der Waals surface area contributed by atoms with E-state index >= 15 is 0 Å². The topological polar surface area (TPSA) is 35.5 Å². The third kappa shape index (κ3) is 3.03. The van der Waals surface area contributed by atoms with E-state index in [-0.39, 0.29) is 0 Å². The number of rotatable bonds is 5. The molecule has 2 rings (SSSR count). The Hall–Kier alpha value is -1.97. The van der Waals surface area contributed by atoms with Crippen LogP contribution < -0.4 is 0 Å². The Balaban J connectivity index is 2.29. The minimum Gasteiger partial charge on any atom is -0.299 e. The second kappa shape index (κ2) is 6.10. The summed E-state index contributed by atoms with van der Waals surface area (Å²) in [6, 6.07) is 12.1. The van der Waals surface area contributed by atoms with Gasteiger partial charge in [-0.05, 0) is 40.1 Å². The van der Waals surface area contributed by atoms with Crippen LogP contribution in [0.25, 0.3) is 16.8 Å². The van der Waals surface area contributed by atoms with E-state index < -0.39 is 0 Å². The van der Waals surface area contributed by atoms with Crippen molar-refractivity contribution in [1.29, 1.82) is 0 Å². The Morgan fingerprint density at radius 1 is 1.11 bits per heavy atom. The van der Waals surface area contributed by atoms with Gasteiger partial charge in [-0.1, -0.05) is 30.3 Å². The molecule has 2 aromatic carbocycles. The molecule has 2 aromatic rings. The molecule has 0 unspecified atom stereocenters. The van der Waals surface area contributed by atoms with Crippen molar-refractivity contribution >= 4 is 23.1 Å².